The number of ether oxygens (including phenoxy) is 1. The Morgan fingerprint density at radius 2 is 1.61 bits per heavy atom. The highest BCUT2D eigenvalue weighted by atomic mass is 32.2. The number of nitrogens with zero attached hydrogens (tertiary/aromatic N) is 3. The molecular formula is C41H45FN4O7S. The maximum absolute atomic E-state index is 14.6. The second-order valence-corrected chi connectivity index (χ2v) is 15.7. The lowest BCUT2D eigenvalue weighted by Gasteiger charge is -2.64. The highest BCUT2D eigenvalue weighted by Crippen LogP contribution is 2.61. The van der Waals surface area contributed by atoms with Crippen LogP contribution in [-0.4, -0.2) is 72.0 Å². The van der Waals surface area contributed by atoms with Crippen LogP contribution in [0, 0.1) is 5.82 Å². The van der Waals surface area contributed by atoms with E-state index >= 15 is 0 Å². The van der Waals surface area contributed by atoms with Gasteiger partial charge in [-0.15, -0.1) is 4.99 Å². The Bertz CT molecular complexity index is 2080. The molecule has 1 aliphatic heterocycles. The Morgan fingerprint density at radius 3 is 2.20 bits per heavy atom. The largest absolute Gasteiger partial charge is 0.492 e. The third kappa shape index (κ3) is 7.97. The van der Waals surface area contributed by atoms with Crippen LogP contribution < -0.4 is 9.46 Å². The van der Waals surface area contributed by atoms with Crippen LogP contribution in [0.5, 0.6) is 5.75 Å². The molecule has 2 aliphatic rings. The van der Waals surface area contributed by atoms with Gasteiger partial charge in [-0.05, 0) is 77.8 Å². The monoisotopic (exact) mass is 756 g/mol. The summed E-state index contributed by atoms with van der Waals surface area (Å²) >= 11 is 0. The van der Waals surface area contributed by atoms with E-state index in [4.69, 9.17) is 4.74 Å². The summed E-state index contributed by atoms with van der Waals surface area (Å²) in [6, 6.07) is 30.7. The molecule has 1 saturated carbocycles. The smallest absolute Gasteiger partial charge is 0.434 e. The van der Waals surface area contributed by atoms with Crippen LogP contribution in [-0.2, 0) is 40.4 Å². The third-order valence-electron chi connectivity index (χ3n) is 10.5. The maximum Gasteiger partial charge on any atom is 0.434 e. The number of amides is 2. The van der Waals surface area contributed by atoms with Gasteiger partial charge in [0, 0.05) is 24.9 Å². The van der Waals surface area contributed by atoms with Crippen molar-refractivity contribution in [1.82, 2.24) is 14.5 Å². The Labute approximate surface area is 315 Å². The van der Waals surface area contributed by atoms with Crippen LogP contribution in [0.1, 0.15) is 60.4 Å². The van der Waals surface area contributed by atoms with Gasteiger partial charge in [0.05, 0.1) is 17.8 Å². The average molecular weight is 757 g/mol. The average Bonchev–Trinajstić information content (AvgIpc) is 3.13. The first-order valence-electron chi connectivity index (χ1n) is 18.2. The second-order valence-electron chi connectivity index (χ2n) is 13.8. The van der Waals surface area contributed by atoms with Gasteiger partial charge in [0.2, 0.25) is 16.0 Å². The number of hydrogen-bond acceptors (Lipinski definition) is 5. The van der Waals surface area contributed by atoms with Crippen LogP contribution in [0.25, 0.3) is 0 Å². The molecule has 3 N–H and O–H groups in total. The molecule has 4 aromatic carbocycles. The van der Waals surface area contributed by atoms with Gasteiger partial charge in [0.25, 0.3) is 0 Å². The number of fused-ring (bicyclic) bond motifs is 1. The van der Waals surface area contributed by atoms with E-state index in [1.54, 1.807) is 43.3 Å². The lowest BCUT2D eigenvalue weighted by Crippen LogP contribution is -2.69. The van der Waals surface area contributed by atoms with Crippen LogP contribution in [0.4, 0.5) is 14.0 Å². The van der Waals surface area contributed by atoms with Crippen molar-refractivity contribution < 1.29 is 37.3 Å². The highest BCUT2D eigenvalue weighted by molar-refractivity contribution is 7.89. The highest BCUT2D eigenvalue weighted by Gasteiger charge is 2.62. The molecule has 54 heavy (non-hydrogen) atoms. The first kappa shape index (κ1) is 38.5. The van der Waals surface area contributed by atoms with E-state index in [0.717, 1.165) is 33.6 Å². The Morgan fingerprint density at radius 1 is 0.944 bits per heavy atom. The summed E-state index contributed by atoms with van der Waals surface area (Å²) in [4.78, 5) is 32.8. The standard InChI is InChI=1S/C41H45FN4O7S/c1-2-26-54(51,52)43-23-25-53-35-19-14-32-20-24-46(37(44-38(47)48)45(39(49)50)29-31-12-7-4-8-13-31)41(36(32)27-35,28-30-10-5-3-6-11-30)40(21-9-22-40)33-15-17-34(42)18-16-33/h3-8,10-19,27,43H,2,9,20-26,28-29H2,1H3,(H,47,48)(H,49,50). The molecule has 284 valence electrons. The molecule has 11 nitrogen and oxygen atoms in total. The first-order valence-corrected chi connectivity index (χ1v) is 19.8. The van der Waals surface area contributed by atoms with Crippen molar-refractivity contribution in [3.8, 4) is 5.75 Å². The van der Waals surface area contributed by atoms with Gasteiger partial charge < -0.3 is 19.8 Å². The molecule has 1 fully saturated rings. The second kappa shape index (κ2) is 16.4. The minimum atomic E-state index is -3.44. The van der Waals surface area contributed by atoms with Gasteiger partial charge >= 0.3 is 12.2 Å². The molecule has 1 unspecified atom stereocenters. The van der Waals surface area contributed by atoms with Crippen molar-refractivity contribution >= 4 is 28.2 Å². The quantitative estimate of drug-likeness (QED) is 0.0739. The zero-order chi connectivity index (χ0) is 38.3. The number of hydrogen-bond donors (Lipinski definition) is 3. The molecule has 0 radical (unpaired) electrons. The van der Waals surface area contributed by atoms with E-state index in [1.165, 1.54) is 12.1 Å². The van der Waals surface area contributed by atoms with Crippen LogP contribution in [0.3, 0.4) is 0 Å². The molecule has 13 heteroatoms. The predicted octanol–water partition coefficient (Wildman–Crippen LogP) is 7.17. The van der Waals surface area contributed by atoms with E-state index < -0.39 is 39.0 Å². The van der Waals surface area contributed by atoms with Gasteiger partial charge in [-0.3, -0.25) is 0 Å². The number of benzene rings is 4. The van der Waals surface area contributed by atoms with Crippen LogP contribution >= 0.6 is 0 Å². The number of guanidine groups is 1. The minimum Gasteiger partial charge on any atom is -0.492 e. The minimum absolute atomic E-state index is 0.00696. The van der Waals surface area contributed by atoms with E-state index in [0.29, 0.717) is 43.4 Å². The lowest BCUT2D eigenvalue weighted by molar-refractivity contribution is -0.0105. The molecule has 1 heterocycles. The van der Waals surface area contributed by atoms with E-state index in [-0.39, 0.29) is 38.0 Å². The van der Waals surface area contributed by atoms with Crippen molar-refractivity contribution in [1.29, 1.82) is 0 Å². The van der Waals surface area contributed by atoms with Crippen molar-refractivity contribution in [2.75, 3.05) is 25.4 Å². The van der Waals surface area contributed by atoms with Gasteiger partial charge in [-0.2, -0.15) is 0 Å². The third-order valence-corrected chi connectivity index (χ3v) is 12.1. The fourth-order valence-corrected chi connectivity index (χ4v) is 9.22. The van der Waals surface area contributed by atoms with Crippen LogP contribution in [0.15, 0.2) is 108 Å². The summed E-state index contributed by atoms with van der Waals surface area (Å²) in [5, 5.41) is 21.1. The van der Waals surface area contributed by atoms with E-state index in [1.807, 2.05) is 59.5 Å². The number of carbonyl (C=O) groups is 2. The number of carboxylic acid groups (broad SMARTS) is 2. The number of halogens is 1. The SMILES string of the molecule is CCCS(=O)(=O)NCCOc1ccc2c(c1)C(Cc1ccccc1)(C1(c3ccc(F)cc3)CCC1)N(C(=NC(=O)O)N(Cc1ccccc1)C(=O)O)CC2. The van der Waals surface area contributed by atoms with Crippen molar-refractivity contribution in [3.63, 3.8) is 0 Å². The summed E-state index contributed by atoms with van der Waals surface area (Å²) < 4.78 is 47.9. The Kier molecular flexibility index (Phi) is 11.7. The number of rotatable bonds is 13. The van der Waals surface area contributed by atoms with Gasteiger partial charge in [0.1, 0.15) is 18.2 Å². The molecule has 1 atom stereocenters. The van der Waals surface area contributed by atoms with Crippen LogP contribution in [0.2, 0.25) is 0 Å². The molecule has 1 aliphatic carbocycles. The fraction of sp³-hybridized carbons (Fsp3) is 0.341. The summed E-state index contributed by atoms with van der Waals surface area (Å²) in [5.41, 5.74) is 2.22. The van der Waals surface area contributed by atoms with Gasteiger partial charge in [-0.25, -0.2) is 32.0 Å². The molecule has 0 aromatic heterocycles. The predicted molar refractivity (Wildman–Crippen MR) is 204 cm³/mol. The number of nitrogens with one attached hydrogen (secondary N) is 1. The van der Waals surface area contributed by atoms with Crippen molar-refractivity contribution in [2.45, 2.75) is 62.9 Å². The molecule has 0 bridgehead atoms. The number of sulfonamides is 1. The zero-order valence-corrected chi connectivity index (χ0v) is 31.0. The summed E-state index contributed by atoms with van der Waals surface area (Å²) in [7, 11) is -3.44. The van der Waals surface area contributed by atoms with Crippen molar-refractivity contribution in [3.05, 3.63) is 137 Å². The molecule has 0 spiro atoms. The first-order chi connectivity index (χ1) is 26.0. The molecule has 0 saturated heterocycles. The lowest BCUT2D eigenvalue weighted by atomic mass is 9.49. The maximum atomic E-state index is 14.6. The topological polar surface area (TPSA) is 149 Å². The molecule has 4 aromatic rings. The van der Waals surface area contributed by atoms with Gasteiger partial charge in [-0.1, -0.05) is 92.2 Å². The zero-order valence-electron chi connectivity index (χ0n) is 30.2. The summed E-state index contributed by atoms with van der Waals surface area (Å²) in [6.45, 7) is 1.97. The molecule has 2 amide bonds. The summed E-state index contributed by atoms with van der Waals surface area (Å²) in [6.07, 6.45) is 0.407. The van der Waals surface area contributed by atoms with Gasteiger partial charge in [0.15, 0.2) is 0 Å². The number of aliphatic imine (C=N–C) groups is 1. The fourth-order valence-electron chi connectivity index (χ4n) is 8.14. The Hall–Kier alpha value is -5.27. The van der Waals surface area contributed by atoms with Crippen molar-refractivity contribution in [2.24, 2.45) is 4.99 Å². The molecular weight excluding hydrogens is 712 g/mol. The summed E-state index contributed by atoms with van der Waals surface area (Å²) in [5.74, 6) is -0.157. The Balaban J connectivity index is 1.58. The van der Waals surface area contributed by atoms with E-state index in [9.17, 15) is 32.6 Å². The molecule has 6 rings (SSSR count). The normalized spacial score (nSPS) is 18.0. The van der Waals surface area contributed by atoms with E-state index in [2.05, 4.69) is 9.71 Å².